The number of halogens is 1. The lowest BCUT2D eigenvalue weighted by atomic mass is 10.1. The predicted octanol–water partition coefficient (Wildman–Crippen LogP) is 2.37. The van der Waals surface area contributed by atoms with Crippen LogP contribution in [-0.2, 0) is 6.42 Å². The summed E-state index contributed by atoms with van der Waals surface area (Å²) in [4.78, 5) is 8.38. The molecule has 0 amide bonds. The highest BCUT2D eigenvalue weighted by Crippen LogP contribution is 2.23. The minimum absolute atomic E-state index is 0.178. The van der Waals surface area contributed by atoms with Crippen molar-refractivity contribution in [1.29, 1.82) is 0 Å². The van der Waals surface area contributed by atoms with Crippen molar-refractivity contribution in [3.63, 3.8) is 0 Å². The summed E-state index contributed by atoms with van der Waals surface area (Å²) in [5.41, 5.74) is 3.91. The molecule has 0 radical (unpaired) electrons. The fourth-order valence-corrected chi connectivity index (χ4v) is 2.51. The van der Waals surface area contributed by atoms with E-state index in [2.05, 4.69) is 32.2 Å². The SMILES string of the molecule is CCc1c(C)nn(-c2nc(Cl)nc3[nH]ncc23)c1C. The van der Waals surface area contributed by atoms with Crippen molar-refractivity contribution in [1.82, 2.24) is 29.9 Å². The largest absolute Gasteiger partial charge is 0.261 e. The Kier molecular flexibility index (Phi) is 2.74. The first-order valence-corrected chi connectivity index (χ1v) is 6.41. The van der Waals surface area contributed by atoms with Gasteiger partial charge in [-0.15, -0.1) is 0 Å². The number of hydrogen-bond acceptors (Lipinski definition) is 4. The lowest BCUT2D eigenvalue weighted by Crippen LogP contribution is -2.04. The van der Waals surface area contributed by atoms with Crippen LogP contribution in [0, 0.1) is 13.8 Å². The summed E-state index contributed by atoms with van der Waals surface area (Å²) in [6.07, 6.45) is 2.62. The molecule has 3 aromatic rings. The smallest absolute Gasteiger partial charge is 0.226 e. The van der Waals surface area contributed by atoms with Crippen LogP contribution >= 0.6 is 11.6 Å². The molecule has 7 heteroatoms. The molecule has 0 spiro atoms. The van der Waals surface area contributed by atoms with E-state index in [-0.39, 0.29) is 5.28 Å². The van der Waals surface area contributed by atoms with Crippen LogP contribution in [0.5, 0.6) is 0 Å². The molecule has 3 rings (SSSR count). The number of H-pyrrole nitrogens is 1. The fourth-order valence-electron chi connectivity index (χ4n) is 2.35. The van der Waals surface area contributed by atoms with Gasteiger partial charge in [-0.3, -0.25) is 5.10 Å². The Morgan fingerprint density at radius 1 is 1.32 bits per heavy atom. The second kappa shape index (κ2) is 4.31. The van der Waals surface area contributed by atoms with Crippen LogP contribution < -0.4 is 0 Å². The number of rotatable bonds is 2. The first-order valence-electron chi connectivity index (χ1n) is 6.04. The first kappa shape index (κ1) is 12.1. The highest BCUT2D eigenvalue weighted by Gasteiger charge is 2.16. The van der Waals surface area contributed by atoms with E-state index in [4.69, 9.17) is 11.6 Å². The van der Waals surface area contributed by atoms with E-state index in [9.17, 15) is 0 Å². The number of aromatic nitrogens is 6. The zero-order valence-electron chi connectivity index (χ0n) is 10.9. The van der Waals surface area contributed by atoms with Crippen molar-refractivity contribution in [3.05, 3.63) is 28.4 Å². The van der Waals surface area contributed by atoms with Crippen molar-refractivity contribution >= 4 is 22.6 Å². The summed E-state index contributed by atoms with van der Waals surface area (Å²) in [6, 6.07) is 0. The topological polar surface area (TPSA) is 72.3 Å². The molecule has 19 heavy (non-hydrogen) atoms. The molecule has 0 bridgehead atoms. The number of nitrogens with one attached hydrogen (secondary N) is 1. The van der Waals surface area contributed by atoms with E-state index in [0.29, 0.717) is 11.5 Å². The van der Waals surface area contributed by atoms with E-state index in [0.717, 1.165) is 23.2 Å². The normalized spacial score (nSPS) is 11.4. The molecule has 0 aliphatic carbocycles. The highest BCUT2D eigenvalue weighted by atomic mass is 35.5. The average Bonchev–Trinajstić information content (AvgIpc) is 2.93. The van der Waals surface area contributed by atoms with Crippen molar-refractivity contribution in [3.8, 4) is 5.82 Å². The minimum atomic E-state index is 0.178. The lowest BCUT2D eigenvalue weighted by Gasteiger charge is -2.05. The van der Waals surface area contributed by atoms with Gasteiger partial charge in [0.15, 0.2) is 11.5 Å². The third kappa shape index (κ3) is 1.79. The molecule has 0 unspecified atom stereocenters. The number of aryl methyl sites for hydroxylation is 1. The first-order chi connectivity index (χ1) is 9.11. The van der Waals surface area contributed by atoms with Gasteiger partial charge in [-0.05, 0) is 37.4 Å². The summed E-state index contributed by atoms with van der Waals surface area (Å²) in [5.74, 6) is 0.657. The van der Waals surface area contributed by atoms with Gasteiger partial charge in [-0.25, -0.2) is 4.68 Å². The van der Waals surface area contributed by atoms with Crippen molar-refractivity contribution in [2.24, 2.45) is 0 Å². The Labute approximate surface area is 114 Å². The third-order valence-corrected chi connectivity index (χ3v) is 3.43. The number of fused-ring (bicyclic) bond motifs is 1. The van der Waals surface area contributed by atoms with E-state index in [1.165, 1.54) is 5.56 Å². The standard InChI is InChI=1S/C12H13ClN6/c1-4-8-6(2)18-19(7(8)3)11-9-5-14-17-10(9)15-12(13)16-11/h5H,4H2,1-3H3,(H,14,15,16,17). The molecule has 1 N–H and O–H groups in total. The van der Waals surface area contributed by atoms with E-state index in [1.54, 1.807) is 10.9 Å². The Balaban J connectivity index is 2.33. The van der Waals surface area contributed by atoms with E-state index >= 15 is 0 Å². The monoisotopic (exact) mass is 276 g/mol. The number of nitrogens with zero attached hydrogens (tertiary/aromatic N) is 5. The molecule has 0 aliphatic rings. The second-order valence-corrected chi connectivity index (χ2v) is 4.70. The molecule has 3 heterocycles. The molecule has 0 atom stereocenters. The molecule has 0 saturated carbocycles. The Morgan fingerprint density at radius 3 is 2.79 bits per heavy atom. The van der Waals surface area contributed by atoms with Crippen LogP contribution in [0.15, 0.2) is 6.20 Å². The fraction of sp³-hybridized carbons (Fsp3) is 0.333. The van der Waals surface area contributed by atoms with Gasteiger partial charge in [-0.2, -0.15) is 20.2 Å². The number of aromatic amines is 1. The molecule has 6 nitrogen and oxygen atoms in total. The lowest BCUT2D eigenvalue weighted by molar-refractivity contribution is 0.809. The van der Waals surface area contributed by atoms with Gasteiger partial charge in [0, 0.05) is 5.69 Å². The summed E-state index contributed by atoms with van der Waals surface area (Å²) < 4.78 is 1.81. The maximum absolute atomic E-state index is 5.95. The molecular weight excluding hydrogens is 264 g/mol. The van der Waals surface area contributed by atoms with Crippen molar-refractivity contribution in [2.75, 3.05) is 0 Å². The molecule has 0 saturated heterocycles. The van der Waals surface area contributed by atoms with Crippen molar-refractivity contribution in [2.45, 2.75) is 27.2 Å². The third-order valence-electron chi connectivity index (χ3n) is 3.26. The summed E-state index contributed by atoms with van der Waals surface area (Å²) in [5, 5.41) is 12.3. The Morgan fingerprint density at radius 2 is 2.11 bits per heavy atom. The molecule has 0 aromatic carbocycles. The van der Waals surface area contributed by atoms with Crippen LogP contribution in [0.1, 0.15) is 23.9 Å². The minimum Gasteiger partial charge on any atom is -0.261 e. The molecule has 0 aliphatic heterocycles. The van der Waals surface area contributed by atoms with Gasteiger partial charge in [0.05, 0.1) is 17.3 Å². The quantitative estimate of drug-likeness (QED) is 0.730. The van der Waals surface area contributed by atoms with Gasteiger partial charge < -0.3 is 0 Å². The van der Waals surface area contributed by atoms with Crippen LogP contribution in [0.3, 0.4) is 0 Å². The van der Waals surface area contributed by atoms with Crippen LogP contribution in [-0.4, -0.2) is 29.9 Å². The maximum atomic E-state index is 5.95. The van der Waals surface area contributed by atoms with E-state index in [1.807, 2.05) is 13.8 Å². The Hall–Kier alpha value is -1.95. The molecule has 98 valence electrons. The molecule has 0 fully saturated rings. The zero-order valence-corrected chi connectivity index (χ0v) is 11.7. The van der Waals surface area contributed by atoms with Crippen LogP contribution in [0.4, 0.5) is 0 Å². The van der Waals surface area contributed by atoms with Gasteiger partial charge >= 0.3 is 0 Å². The maximum Gasteiger partial charge on any atom is 0.226 e. The highest BCUT2D eigenvalue weighted by molar-refractivity contribution is 6.28. The van der Waals surface area contributed by atoms with Crippen LogP contribution in [0.25, 0.3) is 16.9 Å². The van der Waals surface area contributed by atoms with Crippen molar-refractivity contribution < 1.29 is 0 Å². The van der Waals surface area contributed by atoms with Gasteiger partial charge in [0.2, 0.25) is 5.28 Å². The zero-order chi connectivity index (χ0) is 13.6. The average molecular weight is 277 g/mol. The summed E-state index contributed by atoms with van der Waals surface area (Å²) in [6.45, 7) is 6.14. The Bertz CT molecular complexity index is 757. The van der Waals surface area contributed by atoms with Gasteiger partial charge in [-0.1, -0.05) is 6.92 Å². The van der Waals surface area contributed by atoms with Crippen LogP contribution in [0.2, 0.25) is 5.28 Å². The summed E-state index contributed by atoms with van der Waals surface area (Å²) >= 11 is 5.95. The number of hydrogen-bond donors (Lipinski definition) is 1. The predicted molar refractivity (Wildman–Crippen MR) is 72.7 cm³/mol. The second-order valence-electron chi connectivity index (χ2n) is 4.36. The molecule has 3 aromatic heterocycles. The van der Waals surface area contributed by atoms with E-state index < -0.39 is 0 Å². The van der Waals surface area contributed by atoms with Gasteiger partial charge in [0.25, 0.3) is 0 Å². The molecular formula is C12H13ClN6. The van der Waals surface area contributed by atoms with Gasteiger partial charge in [0.1, 0.15) is 0 Å². The summed E-state index contributed by atoms with van der Waals surface area (Å²) in [7, 11) is 0.